The summed E-state index contributed by atoms with van der Waals surface area (Å²) < 4.78 is 6.37. The number of hydrogen-bond donors (Lipinski definition) is 2. The minimum Gasteiger partial charge on any atom is -0.408 e. The van der Waals surface area contributed by atoms with E-state index in [0.29, 0.717) is 22.4 Å². The van der Waals surface area contributed by atoms with Crippen LogP contribution in [0.4, 0.5) is 5.69 Å². The van der Waals surface area contributed by atoms with Gasteiger partial charge in [-0.05, 0) is 30.3 Å². The number of hydrogen-bond acceptors (Lipinski definition) is 4. The van der Waals surface area contributed by atoms with Gasteiger partial charge in [-0.25, -0.2) is 4.79 Å². The molecule has 0 spiro atoms. The van der Waals surface area contributed by atoms with Crippen LogP contribution in [0.25, 0.3) is 11.1 Å². The maximum absolute atomic E-state index is 12.0. The Hall–Kier alpha value is -3.35. The number of oxazole rings is 1. The standard InChI is InChI=1S/C17H15N3O4/c1-20-13-9-12(7-8-14(13)24-17(20)23)19-15(21)10-18-16(22)11-5-3-2-4-6-11/h2-9H,10H2,1H3,(H,18,22)(H,19,21). The summed E-state index contributed by atoms with van der Waals surface area (Å²) in [6.07, 6.45) is 0. The molecule has 0 unspecified atom stereocenters. The van der Waals surface area contributed by atoms with Gasteiger partial charge in [0.15, 0.2) is 5.58 Å². The number of carbonyl (C=O) groups is 2. The highest BCUT2D eigenvalue weighted by atomic mass is 16.4. The number of anilines is 1. The van der Waals surface area contributed by atoms with Crippen LogP contribution in [-0.4, -0.2) is 22.9 Å². The predicted molar refractivity (Wildman–Crippen MR) is 88.9 cm³/mol. The van der Waals surface area contributed by atoms with E-state index in [1.807, 2.05) is 6.07 Å². The highest BCUT2D eigenvalue weighted by Gasteiger charge is 2.10. The highest BCUT2D eigenvalue weighted by molar-refractivity contribution is 5.99. The SMILES string of the molecule is Cn1c(=O)oc2ccc(NC(=O)CNC(=O)c3ccccc3)cc21. The molecule has 1 aromatic heterocycles. The van der Waals surface area contributed by atoms with E-state index < -0.39 is 5.76 Å². The van der Waals surface area contributed by atoms with Crippen molar-refractivity contribution in [2.24, 2.45) is 7.05 Å². The zero-order chi connectivity index (χ0) is 17.1. The molecule has 0 saturated carbocycles. The van der Waals surface area contributed by atoms with Crippen molar-refractivity contribution in [1.82, 2.24) is 9.88 Å². The van der Waals surface area contributed by atoms with Crippen LogP contribution in [0.2, 0.25) is 0 Å². The van der Waals surface area contributed by atoms with Gasteiger partial charge in [-0.15, -0.1) is 0 Å². The third-order valence-corrected chi connectivity index (χ3v) is 3.52. The van der Waals surface area contributed by atoms with Crippen molar-refractivity contribution in [3.05, 3.63) is 64.6 Å². The summed E-state index contributed by atoms with van der Waals surface area (Å²) in [5.41, 5.74) is 2.02. The van der Waals surface area contributed by atoms with Crippen LogP contribution >= 0.6 is 0 Å². The number of amides is 2. The van der Waals surface area contributed by atoms with Crippen LogP contribution in [0.1, 0.15) is 10.4 Å². The summed E-state index contributed by atoms with van der Waals surface area (Å²) in [4.78, 5) is 35.3. The first-order chi connectivity index (χ1) is 11.5. The van der Waals surface area contributed by atoms with E-state index in [1.54, 1.807) is 49.5 Å². The van der Waals surface area contributed by atoms with Crippen molar-refractivity contribution in [2.75, 3.05) is 11.9 Å². The molecule has 7 nitrogen and oxygen atoms in total. The predicted octanol–water partition coefficient (Wildman–Crippen LogP) is 1.50. The van der Waals surface area contributed by atoms with Crippen LogP contribution in [0, 0.1) is 0 Å². The summed E-state index contributed by atoms with van der Waals surface area (Å²) in [5.74, 6) is -1.16. The van der Waals surface area contributed by atoms with Gasteiger partial charge in [0.25, 0.3) is 5.91 Å². The Bertz CT molecular complexity index is 957. The van der Waals surface area contributed by atoms with Gasteiger partial charge < -0.3 is 15.1 Å². The number of fused-ring (bicyclic) bond motifs is 1. The lowest BCUT2D eigenvalue weighted by molar-refractivity contribution is -0.115. The molecule has 1 heterocycles. The highest BCUT2D eigenvalue weighted by Crippen LogP contribution is 2.17. The summed E-state index contributed by atoms with van der Waals surface area (Å²) in [6, 6.07) is 13.5. The van der Waals surface area contributed by atoms with Crippen molar-refractivity contribution >= 4 is 28.6 Å². The van der Waals surface area contributed by atoms with Gasteiger partial charge in [0.05, 0.1) is 12.1 Å². The summed E-state index contributed by atoms with van der Waals surface area (Å²) in [6.45, 7) is -0.157. The first-order valence-electron chi connectivity index (χ1n) is 7.27. The fraction of sp³-hybridized carbons (Fsp3) is 0.118. The number of nitrogens with one attached hydrogen (secondary N) is 2. The largest absolute Gasteiger partial charge is 0.419 e. The lowest BCUT2D eigenvalue weighted by Gasteiger charge is -2.07. The molecule has 0 saturated heterocycles. The second-order valence-corrected chi connectivity index (χ2v) is 5.21. The molecule has 3 aromatic rings. The third-order valence-electron chi connectivity index (χ3n) is 3.52. The molecule has 3 rings (SSSR count). The van der Waals surface area contributed by atoms with Crippen molar-refractivity contribution in [3.63, 3.8) is 0 Å². The monoisotopic (exact) mass is 325 g/mol. The van der Waals surface area contributed by atoms with Crippen molar-refractivity contribution in [3.8, 4) is 0 Å². The molecular weight excluding hydrogens is 310 g/mol. The minimum absolute atomic E-state index is 0.157. The number of rotatable bonds is 4. The van der Waals surface area contributed by atoms with Crippen LogP contribution in [0.15, 0.2) is 57.7 Å². The molecule has 122 valence electrons. The molecular formula is C17H15N3O4. The van der Waals surface area contributed by atoms with E-state index >= 15 is 0 Å². The fourth-order valence-electron chi connectivity index (χ4n) is 2.26. The smallest absolute Gasteiger partial charge is 0.408 e. The first-order valence-corrected chi connectivity index (χ1v) is 7.27. The maximum atomic E-state index is 12.0. The molecule has 0 aliphatic carbocycles. The van der Waals surface area contributed by atoms with Gasteiger partial charge in [0, 0.05) is 18.3 Å². The zero-order valence-corrected chi connectivity index (χ0v) is 12.9. The Morgan fingerprint density at radius 3 is 2.62 bits per heavy atom. The summed E-state index contributed by atoms with van der Waals surface area (Å²) in [5, 5.41) is 5.21. The second-order valence-electron chi connectivity index (χ2n) is 5.21. The molecule has 0 aliphatic heterocycles. The number of aryl methyl sites for hydroxylation is 1. The minimum atomic E-state index is -0.469. The Morgan fingerprint density at radius 2 is 1.88 bits per heavy atom. The van der Waals surface area contributed by atoms with Crippen LogP contribution < -0.4 is 16.4 Å². The molecule has 0 fully saturated rings. The van der Waals surface area contributed by atoms with Crippen LogP contribution in [0.5, 0.6) is 0 Å². The molecule has 0 atom stereocenters. The Morgan fingerprint density at radius 1 is 1.12 bits per heavy atom. The molecule has 0 radical (unpaired) electrons. The molecule has 2 aromatic carbocycles. The number of carbonyl (C=O) groups excluding carboxylic acids is 2. The number of aromatic nitrogens is 1. The van der Waals surface area contributed by atoms with Gasteiger partial charge in [-0.2, -0.15) is 0 Å². The van der Waals surface area contributed by atoms with Gasteiger partial charge in [0.1, 0.15) is 0 Å². The summed E-state index contributed by atoms with van der Waals surface area (Å²) in [7, 11) is 1.58. The molecule has 0 bridgehead atoms. The quantitative estimate of drug-likeness (QED) is 0.760. The Kier molecular flexibility index (Phi) is 4.15. The van der Waals surface area contributed by atoms with Gasteiger partial charge in [-0.3, -0.25) is 14.2 Å². The number of nitrogens with zero attached hydrogens (tertiary/aromatic N) is 1. The lowest BCUT2D eigenvalue weighted by Crippen LogP contribution is -2.32. The van der Waals surface area contributed by atoms with Crippen molar-refractivity contribution in [2.45, 2.75) is 0 Å². The summed E-state index contributed by atoms with van der Waals surface area (Å²) >= 11 is 0. The topological polar surface area (TPSA) is 93.3 Å². The molecule has 24 heavy (non-hydrogen) atoms. The molecule has 0 aliphatic rings. The molecule has 7 heteroatoms. The van der Waals surface area contributed by atoms with E-state index in [0.717, 1.165) is 0 Å². The van der Waals surface area contributed by atoms with Crippen molar-refractivity contribution in [1.29, 1.82) is 0 Å². The first kappa shape index (κ1) is 15.5. The van der Waals surface area contributed by atoms with Gasteiger partial charge in [-0.1, -0.05) is 18.2 Å². The van der Waals surface area contributed by atoms with Crippen molar-refractivity contribution < 1.29 is 14.0 Å². The average molecular weight is 325 g/mol. The second kappa shape index (κ2) is 6.41. The van der Waals surface area contributed by atoms with E-state index in [1.165, 1.54) is 4.57 Å². The molecule has 2 amide bonds. The normalized spacial score (nSPS) is 10.5. The van der Waals surface area contributed by atoms with E-state index in [4.69, 9.17) is 4.42 Å². The average Bonchev–Trinajstić information content (AvgIpc) is 2.88. The maximum Gasteiger partial charge on any atom is 0.419 e. The Balaban J connectivity index is 1.64. The van der Waals surface area contributed by atoms with Gasteiger partial charge in [0.2, 0.25) is 5.91 Å². The van der Waals surface area contributed by atoms with E-state index in [-0.39, 0.29) is 18.4 Å². The van der Waals surface area contributed by atoms with Crippen LogP contribution in [0.3, 0.4) is 0 Å². The number of benzene rings is 2. The third kappa shape index (κ3) is 3.19. The van der Waals surface area contributed by atoms with E-state index in [9.17, 15) is 14.4 Å². The fourth-order valence-corrected chi connectivity index (χ4v) is 2.26. The lowest BCUT2D eigenvalue weighted by atomic mass is 10.2. The van der Waals surface area contributed by atoms with Crippen LogP contribution in [-0.2, 0) is 11.8 Å². The molecule has 2 N–H and O–H groups in total. The van der Waals surface area contributed by atoms with Gasteiger partial charge >= 0.3 is 5.76 Å². The zero-order valence-electron chi connectivity index (χ0n) is 12.9. The van der Waals surface area contributed by atoms with E-state index in [2.05, 4.69) is 10.6 Å². The Labute approximate surface area is 136 Å².